The number of ether oxygens (including phenoxy) is 1. The van der Waals surface area contributed by atoms with Gasteiger partial charge in [0.05, 0.1) is 16.4 Å². The molecule has 5 heteroatoms. The number of nitrogens with zero attached hydrogens (tertiary/aromatic N) is 2. The van der Waals surface area contributed by atoms with Gasteiger partial charge in [0.1, 0.15) is 18.6 Å². The number of hydrogen-bond acceptors (Lipinski definition) is 3. The molecule has 0 saturated carbocycles. The number of aromatic nitrogens is 2. The highest BCUT2D eigenvalue weighted by molar-refractivity contribution is 6.31. The lowest BCUT2D eigenvalue weighted by atomic mass is 10.2. The number of aryl methyl sites for hydroxylation is 2. The van der Waals surface area contributed by atoms with Crippen molar-refractivity contribution in [3.05, 3.63) is 46.2 Å². The van der Waals surface area contributed by atoms with Gasteiger partial charge in [0.25, 0.3) is 0 Å². The first kappa shape index (κ1) is 14.6. The largest absolute Gasteiger partial charge is 0.487 e. The van der Waals surface area contributed by atoms with E-state index in [1.54, 1.807) is 18.2 Å². The Hall–Kier alpha value is -1.81. The zero-order valence-electron chi connectivity index (χ0n) is 11.6. The van der Waals surface area contributed by atoms with Gasteiger partial charge in [-0.05, 0) is 25.5 Å². The summed E-state index contributed by atoms with van der Waals surface area (Å²) in [6.07, 6.45) is 1.59. The number of rotatable bonds is 6. The van der Waals surface area contributed by atoms with Crippen LogP contribution in [0.4, 0.5) is 0 Å². The monoisotopic (exact) mass is 292 g/mol. The van der Waals surface area contributed by atoms with Crippen LogP contribution in [0, 0.1) is 0 Å². The van der Waals surface area contributed by atoms with E-state index >= 15 is 0 Å². The summed E-state index contributed by atoms with van der Waals surface area (Å²) in [5.74, 6) is 0.646. The van der Waals surface area contributed by atoms with Crippen molar-refractivity contribution in [1.29, 1.82) is 0 Å². The summed E-state index contributed by atoms with van der Waals surface area (Å²) in [6, 6.07) is 7.04. The van der Waals surface area contributed by atoms with Crippen molar-refractivity contribution in [3.8, 4) is 5.75 Å². The van der Waals surface area contributed by atoms with Crippen LogP contribution >= 0.6 is 11.6 Å². The minimum Gasteiger partial charge on any atom is -0.487 e. The van der Waals surface area contributed by atoms with Gasteiger partial charge in [0, 0.05) is 12.1 Å². The first-order chi connectivity index (χ1) is 9.69. The van der Waals surface area contributed by atoms with Gasteiger partial charge in [0.15, 0.2) is 0 Å². The molecule has 0 amide bonds. The topological polar surface area (TPSA) is 44.1 Å². The summed E-state index contributed by atoms with van der Waals surface area (Å²) in [6.45, 7) is 5.11. The smallest absolute Gasteiger partial charge is 0.150 e. The Kier molecular flexibility index (Phi) is 4.79. The van der Waals surface area contributed by atoms with Crippen molar-refractivity contribution < 1.29 is 9.53 Å². The summed E-state index contributed by atoms with van der Waals surface area (Å²) in [4.78, 5) is 10.7. The molecule has 1 heterocycles. The summed E-state index contributed by atoms with van der Waals surface area (Å²) in [5, 5.41) is 5.11. The van der Waals surface area contributed by atoms with Crippen molar-refractivity contribution in [2.75, 3.05) is 0 Å². The third kappa shape index (κ3) is 3.02. The van der Waals surface area contributed by atoms with E-state index in [9.17, 15) is 4.79 Å². The Labute approximate surface area is 123 Å². The van der Waals surface area contributed by atoms with E-state index in [4.69, 9.17) is 16.3 Å². The zero-order chi connectivity index (χ0) is 14.5. The molecule has 0 atom stereocenters. The van der Waals surface area contributed by atoms with Gasteiger partial charge in [-0.25, -0.2) is 0 Å². The first-order valence-electron chi connectivity index (χ1n) is 6.61. The Morgan fingerprint density at radius 3 is 2.85 bits per heavy atom. The standard InChI is InChI=1S/C15H17ClN2O2/c1-3-13-15(16)14(18(4-2)17-13)10-20-12-7-5-6-11(8-12)9-19/h5-9H,3-4,10H2,1-2H3. The normalized spacial score (nSPS) is 10.6. The molecule has 0 spiro atoms. The maximum atomic E-state index is 10.7. The van der Waals surface area contributed by atoms with E-state index in [1.807, 2.05) is 24.6 Å². The maximum absolute atomic E-state index is 10.7. The van der Waals surface area contributed by atoms with Gasteiger partial charge in [-0.15, -0.1) is 0 Å². The highest BCUT2D eigenvalue weighted by Crippen LogP contribution is 2.23. The Morgan fingerprint density at radius 1 is 1.40 bits per heavy atom. The zero-order valence-corrected chi connectivity index (χ0v) is 12.4. The highest BCUT2D eigenvalue weighted by atomic mass is 35.5. The van der Waals surface area contributed by atoms with Crippen LogP contribution in [0.1, 0.15) is 35.6 Å². The molecule has 0 aliphatic rings. The fourth-order valence-corrected chi connectivity index (χ4v) is 2.31. The average molecular weight is 293 g/mol. The molecule has 106 valence electrons. The highest BCUT2D eigenvalue weighted by Gasteiger charge is 2.14. The lowest BCUT2D eigenvalue weighted by molar-refractivity contribution is 0.112. The molecule has 0 saturated heterocycles. The van der Waals surface area contributed by atoms with Gasteiger partial charge in [-0.3, -0.25) is 9.48 Å². The molecule has 1 aromatic carbocycles. The second kappa shape index (κ2) is 6.57. The SMILES string of the molecule is CCc1nn(CC)c(COc2cccc(C=O)c2)c1Cl. The lowest BCUT2D eigenvalue weighted by Gasteiger charge is -2.08. The first-order valence-corrected chi connectivity index (χ1v) is 6.99. The summed E-state index contributed by atoms with van der Waals surface area (Å²) in [5.41, 5.74) is 2.34. The number of halogens is 1. The quantitative estimate of drug-likeness (QED) is 0.765. The molecule has 20 heavy (non-hydrogen) atoms. The van der Waals surface area contributed by atoms with Crippen LogP contribution in [0.5, 0.6) is 5.75 Å². The summed E-state index contributed by atoms with van der Waals surface area (Å²) >= 11 is 6.31. The molecule has 2 rings (SSSR count). The Morgan fingerprint density at radius 2 is 2.20 bits per heavy atom. The van der Waals surface area contributed by atoms with Crippen LogP contribution in [-0.2, 0) is 19.6 Å². The summed E-state index contributed by atoms with van der Waals surface area (Å²) in [7, 11) is 0. The molecule has 4 nitrogen and oxygen atoms in total. The molecule has 0 aliphatic carbocycles. The predicted molar refractivity (Wildman–Crippen MR) is 78.5 cm³/mol. The molecule has 2 aromatic rings. The average Bonchev–Trinajstić information content (AvgIpc) is 2.81. The number of carbonyl (C=O) groups excluding carboxylic acids is 1. The second-order valence-electron chi connectivity index (χ2n) is 4.36. The van der Waals surface area contributed by atoms with Gasteiger partial charge >= 0.3 is 0 Å². The van der Waals surface area contributed by atoms with E-state index in [1.165, 1.54) is 0 Å². The van der Waals surface area contributed by atoms with Crippen molar-refractivity contribution in [2.24, 2.45) is 0 Å². The maximum Gasteiger partial charge on any atom is 0.150 e. The van der Waals surface area contributed by atoms with Gasteiger partial charge in [0.2, 0.25) is 0 Å². The minimum atomic E-state index is 0.335. The van der Waals surface area contributed by atoms with Crippen molar-refractivity contribution >= 4 is 17.9 Å². The second-order valence-corrected chi connectivity index (χ2v) is 4.73. The molecule has 0 radical (unpaired) electrons. The van der Waals surface area contributed by atoms with Crippen LogP contribution in [-0.4, -0.2) is 16.1 Å². The third-order valence-corrected chi connectivity index (χ3v) is 3.50. The molecule has 0 N–H and O–H groups in total. The molecule has 0 unspecified atom stereocenters. The van der Waals surface area contributed by atoms with Crippen LogP contribution < -0.4 is 4.74 Å². The van der Waals surface area contributed by atoms with Crippen LogP contribution in [0.25, 0.3) is 0 Å². The van der Waals surface area contributed by atoms with E-state index in [2.05, 4.69) is 5.10 Å². The number of hydrogen-bond donors (Lipinski definition) is 0. The lowest BCUT2D eigenvalue weighted by Crippen LogP contribution is -2.06. The van der Waals surface area contributed by atoms with E-state index < -0.39 is 0 Å². The van der Waals surface area contributed by atoms with Gasteiger partial charge in [-0.2, -0.15) is 5.10 Å². The minimum absolute atomic E-state index is 0.335. The molecular formula is C15H17ClN2O2. The molecule has 0 fully saturated rings. The molecule has 0 aliphatic heterocycles. The third-order valence-electron chi connectivity index (χ3n) is 3.06. The van der Waals surface area contributed by atoms with E-state index in [-0.39, 0.29) is 0 Å². The fraction of sp³-hybridized carbons (Fsp3) is 0.333. The van der Waals surface area contributed by atoms with Crippen LogP contribution in [0.3, 0.4) is 0 Å². The number of carbonyl (C=O) groups is 1. The summed E-state index contributed by atoms with van der Waals surface area (Å²) < 4.78 is 7.56. The predicted octanol–water partition coefficient (Wildman–Crippen LogP) is 3.51. The van der Waals surface area contributed by atoms with Crippen molar-refractivity contribution in [3.63, 3.8) is 0 Å². The Bertz CT molecular complexity index is 608. The van der Waals surface area contributed by atoms with Crippen molar-refractivity contribution in [2.45, 2.75) is 33.4 Å². The molecule has 0 bridgehead atoms. The van der Waals surface area contributed by atoms with E-state index in [0.717, 1.165) is 30.6 Å². The van der Waals surface area contributed by atoms with Crippen molar-refractivity contribution in [1.82, 2.24) is 9.78 Å². The number of benzene rings is 1. The van der Waals surface area contributed by atoms with E-state index in [0.29, 0.717) is 22.9 Å². The molecular weight excluding hydrogens is 276 g/mol. The van der Waals surface area contributed by atoms with Crippen LogP contribution in [0.2, 0.25) is 5.02 Å². The number of aldehydes is 1. The molecule has 1 aromatic heterocycles. The van der Waals surface area contributed by atoms with Gasteiger partial charge < -0.3 is 4.74 Å². The fourth-order valence-electron chi connectivity index (χ4n) is 1.98. The van der Waals surface area contributed by atoms with Crippen LogP contribution in [0.15, 0.2) is 24.3 Å². The van der Waals surface area contributed by atoms with Gasteiger partial charge in [-0.1, -0.05) is 30.7 Å². The Balaban J connectivity index is 2.17.